The Morgan fingerprint density at radius 2 is 1.71 bits per heavy atom. The summed E-state index contributed by atoms with van der Waals surface area (Å²) in [6.45, 7) is 0.110. The topological polar surface area (TPSA) is 86.2 Å². The number of nitrogens with zero attached hydrogens (tertiary/aromatic N) is 1. The summed E-state index contributed by atoms with van der Waals surface area (Å²) in [6, 6.07) is 21.1. The standard InChI is InChI=1S/C23H17IN2O5/c24-18-6-2-1-5-17(18)23(28)30-16-11-9-15(10-12-16)13-25-26-22(27)21-14-29-19-7-3-4-8-20(19)31-21/h1-13,21H,14H2,(H,26,27)/b25-13+. The molecule has 1 amide bonds. The second-order valence-electron chi connectivity index (χ2n) is 6.54. The Bertz CT molecular complexity index is 1130. The maximum Gasteiger partial charge on any atom is 0.344 e. The van der Waals surface area contributed by atoms with Gasteiger partial charge in [0.05, 0.1) is 11.8 Å². The molecule has 8 heteroatoms. The first-order valence-corrected chi connectivity index (χ1v) is 10.5. The third-order valence-electron chi connectivity index (χ3n) is 4.37. The van der Waals surface area contributed by atoms with Crippen molar-refractivity contribution < 1.29 is 23.8 Å². The lowest BCUT2D eigenvalue weighted by Crippen LogP contribution is -2.42. The van der Waals surface area contributed by atoms with Crippen molar-refractivity contribution in [2.75, 3.05) is 6.61 Å². The van der Waals surface area contributed by atoms with Crippen LogP contribution in [0.1, 0.15) is 15.9 Å². The van der Waals surface area contributed by atoms with Crippen LogP contribution in [0.15, 0.2) is 77.9 Å². The molecule has 3 aromatic carbocycles. The number of amides is 1. The molecule has 7 nitrogen and oxygen atoms in total. The quantitative estimate of drug-likeness (QED) is 0.179. The van der Waals surface area contributed by atoms with Crippen LogP contribution in [0.2, 0.25) is 0 Å². The zero-order chi connectivity index (χ0) is 21.6. The fraction of sp³-hybridized carbons (Fsp3) is 0.0870. The molecule has 1 N–H and O–H groups in total. The second-order valence-corrected chi connectivity index (χ2v) is 7.70. The predicted octanol–water partition coefficient (Wildman–Crippen LogP) is 3.80. The van der Waals surface area contributed by atoms with Gasteiger partial charge in [-0.15, -0.1) is 0 Å². The number of carbonyl (C=O) groups is 2. The number of hydrogen-bond donors (Lipinski definition) is 1. The molecule has 3 aromatic rings. The highest BCUT2D eigenvalue weighted by Gasteiger charge is 2.26. The molecule has 0 saturated heterocycles. The van der Waals surface area contributed by atoms with E-state index >= 15 is 0 Å². The number of hydrogen-bond acceptors (Lipinski definition) is 6. The van der Waals surface area contributed by atoms with Gasteiger partial charge in [-0.2, -0.15) is 5.10 Å². The highest BCUT2D eigenvalue weighted by molar-refractivity contribution is 14.1. The Labute approximate surface area is 192 Å². The van der Waals surface area contributed by atoms with Crippen LogP contribution in [0, 0.1) is 3.57 Å². The highest BCUT2D eigenvalue weighted by atomic mass is 127. The first-order chi connectivity index (χ1) is 15.1. The van der Waals surface area contributed by atoms with Gasteiger partial charge in [-0.3, -0.25) is 4.79 Å². The fourth-order valence-electron chi connectivity index (χ4n) is 2.80. The number of nitrogens with one attached hydrogen (secondary N) is 1. The Balaban J connectivity index is 1.30. The van der Waals surface area contributed by atoms with Gasteiger partial charge in [0.25, 0.3) is 5.91 Å². The average molecular weight is 528 g/mol. The summed E-state index contributed by atoms with van der Waals surface area (Å²) in [6.07, 6.45) is 0.705. The first-order valence-electron chi connectivity index (χ1n) is 9.38. The van der Waals surface area contributed by atoms with Crippen molar-refractivity contribution >= 4 is 40.7 Å². The lowest BCUT2D eigenvalue weighted by Gasteiger charge is -2.24. The zero-order valence-electron chi connectivity index (χ0n) is 16.2. The minimum atomic E-state index is -0.783. The smallest absolute Gasteiger partial charge is 0.344 e. The Kier molecular flexibility index (Phi) is 6.46. The van der Waals surface area contributed by atoms with Crippen LogP contribution in [-0.4, -0.2) is 30.8 Å². The molecule has 0 radical (unpaired) electrons. The van der Waals surface area contributed by atoms with Crippen LogP contribution in [-0.2, 0) is 4.79 Å². The van der Waals surface area contributed by atoms with Gasteiger partial charge in [0, 0.05) is 3.57 Å². The second kappa shape index (κ2) is 9.61. The van der Waals surface area contributed by atoms with Gasteiger partial charge >= 0.3 is 5.97 Å². The molecule has 1 aliphatic heterocycles. The van der Waals surface area contributed by atoms with E-state index in [1.807, 2.05) is 24.3 Å². The van der Waals surface area contributed by atoms with E-state index in [-0.39, 0.29) is 6.61 Å². The van der Waals surface area contributed by atoms with Crippen molar-refractivity contribution in [1.29, 1.82) is 0 Å². The number of benzene rings is 3. The number of halogens is 1. The monoisotopic (exact) mass is 528 g/mol. The number of esters is 1. The van der Waals surface area contributed by atoms with E-state index < -0.39 is 18.0 Å². The van der Waals surface area contributed by atoms with E-state index in [1.54, 1.807) is 48.5 Å². The molecular formula is C23H17IN2O5. The molecule has 0 aromatic heterocycles. The van der Waals surface area contributed by atoms with Crippen molar-refractivity contribution in [3.63, 3.8) is 0 Å². The van der Waals surface area contributed by atoms with E-state index in [2.05, 4.69) is 33.1 Å². The van der Waals surface area contributed by atoms with Crippen LogP contribution in [0.5, 0.6) is 17.2 Å². The molecule has 31 heavy (non-hydrogen) atoms. The summed E-state index contributed by atoms with van der Waals surface area (Å²) in [5.41, 5.74) is 3.68. The average Bonchev–Trinajstić information content (AvgIpc) is 2.80. The van der Waals surface area contributed by atoms with Crippen LogP contribution >= 0.6 is 22.6 Å². The Morgan fingerprint density at radius 3 is 2.48 bits per heavy atom. The summed E-state index contributed by atoms with van der Waals surface area (Å²) in [7, 11) is 0. The molecular weight excluding hydrogens is 511 g/mol. The van der Waals surface area contributed by atoms with E-state index in [9.17, 15) is 9.59 Å². The number of ether oxygens (including phenoxy) is 3. The van der Waals surface area contributed by atoms with Gasteiger partial charge in [-0.1, -0.05) is 24.3 Å². The SMILES string of the molecule is O=C(Oc1ccc(/C=N/NC(=O)C2COc3ccccc3O2)cc1)c1ccccc1I. The van der Waals surface area contributed by atoms with E-state index in [0.717, 1.165) is 9.13 Å². The molecule has 0 spiro atoms. The minimum absolute atomic E-state index is 0.110. The molecule has 4 rings (SSSR count). The minimum Gasteiger partial charge on any atom is -0.485 e. The van der Waals surface area contributed by atoms with Gasteiger partial charge in [-0.25, -0.2) is 10.2 Å². The van der Waals surface area contributed by atoms with Gasteiger partial charge in [0.2, 0.25) is 6.10 Å². The maximum atomic E-state index is 12.3. The van der Waals surface area contributed by atoms with Crippen molar-refractivity contribution in [3.05, 3.63) is 87.5 Å². The summed E-state index contributed by atoms with van der Waals surface area (Å²) in [5, 5.41) is 3.95. The molecule has 0 saturated carbocycles. The summed E-state index contributed by atoms with van der Waals surface area (Å²) >= 11 is 2.09. The maximum absolute atomic E-state index is 12.3. The molecule has 156 valence electrons. The Morgan fingerprint density at radius 1 is 1.00 bits per heavy atom. The summed E-state index contributed by atoms with van der Waals surface area (Å²) < 4.78 is 17.4. The molecule has 0 aliphatic carbocycles. The van der Waals surface area contributed by atoms with Crippen LogP contribution < -0.4 is 19.6 Å². The van der Waals surface area contributed by atoms with Crippen molar-refractivity contribution in [3.8, 4) is 17.2 Å². The molecule has 1 atom stereocenters. The zero-order valence-corrected chi connectivity index (χ0v) is 18.3. The van der Waals surface area contributed by atoms with Gasteiger partial charge in [0.15, 0.2) is 11.5 Å². The van der Waals surface area contributed by atoms with Crippen molar-refractivity contribution in [2.45, 2.75) is 6.10 Å². The van der Waals surface area contributed by atoms with E-state index in [4.69, 9.17) is 14.2 Å². The third-order valence-corrected chi connectivity index (χ3v) is 5.31. The van der Waals surface area contributed by atoms with Gasteiger partial charge < -0.3 is 14.2 Å². The molecule has 0 fully saturated rings. The highest BCUT2D eigenvalue weighted by Crippen LogP contribution is 2.30. The van der Waals surface area contributed by atoms with E-state index in [0.29, 0.717) is 22.8 Å². The van der Waals surface area contributed by atoms with Crippen molar-refractivity contribution in [1.82, 2.24) is 5.43 Å². The molecule has 1 heterocycles. The first kappa shape index (κ1) is 20.9. The van der Waals surface area contributed by atoms with Crippen molar-refractivity contribution in [2.24, 2.45) is 5.10 Å². The predicted molar refractivity (Wildman–Crippen MR) is 123 cm³/mol. The number of carbonyl (C=O) groups excluding carboxylic acids is 2. The summed E-state index contributed by atoms with van der Waals surface area (Å²) in [4.78, 5) is 24.5. The van der Waals surface area contributed by atoms with Gasteiger partial charge in [-0.05, 0) is 76.7 Å². The number of para-hydroxylation sites is 2. The van der Waals surface area contributed by atoms with E-state index in [1.165, 1.54) is 6.21 Å². The third kappa shape index (κ3) is 5.21. The van der Waals surface area contributed by atoms with Crippen LogP contribution in [0.25, 0.3) is 0 Å². The summed E-state index contributed by atoms with van der Waals surface area (Å²) in [5.74, 6) is 0.715. The fourth-order valence-corrected chi connectivity index (χ4v) is 3.41. The Hall–Kier alpha value is -3.40. The lowest BCUT2D eigenvalue weighted by molar-refractivity contribution is -0.130. The van der Waals surface area contributed by atoms with Crippen LogP contribution in [0.3, 0.4) is 0 Å². The lowest BCUT2D eigenvalue weighted by atomic mass is 10.2. The molecule has 1 unspecified atom stereocenters. The normalized spacial score (nSPS) is 14.8. The molecule has 0 bridgehead atoms. The van der Waals surface area contributed by atoms with Crippen LogP contribution in [0.4, 0.5) is 0 Å². The number of hydrazone groups is 1. The molecule has 1 aliphatic rings. The van der Waals surface area contributed by atoms with Gasteiger partial charge in [0.1, 0.15) is 12.4 Å². The largest absolute Gasteiger partial charge is 0.485 e. The number of fused-ring (bicyclic) bond motifs is 1. The number of rotatable bonds is 5.